The summed E-state index contributed by atoms with van der Waals surface area (Å²) in [6.07, 6.45) is 3.07. The van der Waals surface area contributed by atoms with Crippen LogP contribution in [0, 0.1) is 29.9 Å². The van der Waals surface area contributed by atoms with Gasteiger partial charge in [-0.3, -0.25) is 9.59 Å². The Balaban J connectivity index is 1.80. The summed E-state index contributed by atoms with van der Waals surface area (Å²) in [6.45, 7) is 1.71. The first-order chi connectivity index (χ1) is 15.9. The van der Waals surface area contributed by atoms with Crippen LogP contribution < -0.4 is 5.32 Å². The molecule has 0 spiro atoms. The van der Waals surface area contributed by atoms with E-state index in [1.54, 1.807) is 41.8 Å². The number of hydrogen-bond acceptors (Lipinski definition) is 3. The molecule has 0 saturated carbocycles. The highest BCUT2D eigenvalue weighted by molar-refractivity contribution is 6.13. The number of para-hydroxylation sites is 1. The van der Waals surface area contributed by atoms with Crippen LogP contribution in [0.3, 0.4) is 0 Å². The molecule has 2 heterocycles. The Hall–Kier alpha value is -4.57. The number of pyridine rings is 1. The minimum absolute atomic E-state index is 0.0470. The Morgan fingerprint density at radius 2 is 1.70 bits per heavy atom. The number of rotatable bonds is 5. The highest BCUT2D eigenvalue weighted by Crippen LogP contribution is 2.28. The largest absolute Gasteiger partial charge is 0.319 e. The average molecular weight is 441 g/mol. The van der Waals surface area contributed by atoms with Crippen LogP contribution in [0.25, 0.3) is 11.6 Å². The summed E-state index contributed by atoms with van der Waals surface area (Å²) < 4.78 is 28.9. The van der Waals surface area contributed by atoms with Gasteiger partial charge in [-0.05, 0) is 67.1 Å². The van der Waals surface area contributed by atoms with E-state index < -0.39 is 17.5 Å². The number of ketones is 1. The lowest BCUT2D eigenvalue weighted by Crippen LogP contribution is -2.14. The van der Waals surface area contributed by atoms with Gasteiger partial charge >= 0.3 is 0 Å². The summed E-state index contributed by atoms with van der Waals surface area (Å²) in [6, 6.07) is 18.0. The number of anilines is 1. The van der Waals surface area contributed by atoms with Crippen LogP contribution in [0.1, 0.15) is 27.2 Å². The third-order valence-corrected chi connectivity index (χ3v) is 5.23. The van der Waals surface area contributed by atoms with Gasteiger partial charge in [0.15, 0.2) is 0 Å². The third kappa shape index (κ3) is 4.14. The molecule has 0 aliphatic heterocycles. The Morgan fingerprint density at radius 1 is 1.00 bits per heavy atom. The second kappa shape index (κ2) is 8.89. The van der Waals surface area contributed by atoms with Gasteiger partial charge in [-0.1, -0.05) is 18.2 Å². The van der Waals surface area contributed by atoms with Crippen molar-refractivity contribution in [3.05, 3.63) is 113 Å². The zero-order valence-corrected chi connectivity index (χ0v) is 17.5. The molecule has 1 amide bonds. The molecule has 0 aliphatic rings. The van der Waals surface area contributed by atoms with E-state index in [0.717, 1.165) is 0 Å². The van der Waals surface area contributed by atoms with E-state index in [2.05, 4.69) is 5.32 Å². The van der Waals surface area contributed by atoms with Crippen molar-refractivity contribution >= 4 is 29.0 Å². The molecule has 0 radical (unpaired) electrons. The van der Waals surface area contributed by atoms with Crippen molar-refractivity contribution in [3.63, 3.8) is 0 Å². The third-order valence-electron chi connectivity index (χ3n) is 5.23. The molecule has 0 atom stereocenters. The molecule has 0 saturated heterocycles. The van der Waals surface area contributed by atoms with Gasteiger partial charge in [0.05, 0.1) is 16.9 Å². The van der Waals surface area contributed by atoms with E-state index in [-0.39, 0.29) is 17.0 Å². The first-order valence-electron chi connectivity index (χ1n) is 9.98. The maximum atomic E-state index is 13.9. The van der Waals surface area contributed by atoms with E-state index in [1.807, 2.05) is 6.07 Å². The van der Waals surface area contributed by atoms with Gasteiger partial charge in [0, 0.05) is 17.3 Å². The van der Waals surface area contributed by atoms with Crippen LogP contribution in [0.4, 0.5) is 14.5 Å². The number of fused-ring (bicyclic) bond motifs is 1. The van der Waals surface area contributed by atoms with Crippen molar-refractivity contribution in [2.45, 2.75) is 6.92 Å². The summed E-state index contributed by atoms with van der Waals surface area (Å²) in [4.78, 5) is 25.9. The summed E-state index contributed by atoms with van der Waals surface area (Å²) in [7, 11) is 0. The predicted molar refractivity (Wildman–Crippen MR) is 121 cm³/mol. The first-order valence-corrected chi connectivity index (χ1v) is 9.98. The highest BCUT2D eigenvalue weighted by Gasteiger charge is 2.22. The zero-order valence-electron chi connectivity index (χ0n) is 17.5. The lowest BCUT2D eigenvalue weighted by molar-refractivity contribution is -0.112. The Bertz CT molecular complexity index is 1460. The molecular formula is C26H17F2N3O2. The molecule has 0 aliphatic carbocycles. The minimum Gasteiger partial charge on any atom is -0.319 e. The van der Waals surface area contributed by atoms with Crippen LogP contribution in [-0.2, 0) is 4.79 Å². The van der Waals surface area contributed by atoms with Crippen molar-refractivity contribution in [1.29, 1.82) is 5.26 Å². The molecule has 2 aromatic heterocycles. The van der Waals surface area contributed by atoms with Gasteiger partial charge in [0.1, 0.15) is 23.3 Å². The van der Waals surface area contributed by atoms with E-state index in [0.29, 0.717) is 27.9 Å². The molecule has 5 nitrogen and oxygen atoms in total. The number of aromatic nitrogens is 1. The van der Waals surface area contributed by atoms with Gasteiger partial charge in [-0.25, -0.2) is 8.78 Å². The lowest BCUT2D eigenvalue weighted by Gasteiger charge is -2.05. The topological polar surface area (TPSA) is 74.4 Å². The minimum atomic E-state index is -0.774. The molecule has 162 valence electrons. The van der Waals surface area contributed by atoms with Gasteiger partial charge in [-0.2, -0.15) is 5.26 Å². The van der Waals surface area contributed by atoms with Crippen LogP contribution >= 0.6 is 0 Å². The maximum Gasteiger partial charge on any atom is 0.266 e. The van der Waals surface area contributed by atoms with Crippen LogP contribution in [-0.4, -0.2) is 16.1 Å². The van der Waals surface area contributed by atoms with E-state index in [1.165, 1.54) is 48.5 Å². The number of benzene rings is 2. The van der Waals surface area contributed by atoms with Crippen molar-refractivity contribution in [2.75, 3.05) is 5.32 Å². The van der Waals surface area contributed by atoms with Gasteiger partial charge in [0.2, 0.25) is 5.78 Å². The molecule has 1 N–H and O–H groups in total. The van der Waals surface area contributed by atoms with Crippen LogP contribution in [0.5, 0.6) is 0 Å². The number of carbonyl (C=O) groups is 2. The fourth-order valence-corrected chi connectivity index (χ4v) is 3.60. The number of nitriles is 1. The second-order valence-corrected chi connectivity index (χ2v) is 7.28. The molecule has 0 bridgehead atoms. The molecule has 4 rings (SSSR count). The fraction of sp³-hybridized carbons (Fsp3) is 0.0385. The smallest absolute Gasteiger partial charge is 0.266 e. The number of carbonyl (C=O) groups excluding carboxylic acids is 2. The number of nitrogens with one attached hydrogen (secondary N) is 1. The second-order valence-electron chi connectivity index (χ2n) is 7.28. The average Bonchev–Trinajstić information content (AvgIpc) is 3.09. The lowest BCUT2D eigenvalue weighted by atomic mass is 10.0. The predicted octanol–water partition coefficient (Wildman–Crippen LogP) is 5.30. The number of nitrogens with zero attached hydrogens (tertiary/aromatic N) is 2. The maximum absolute atomic E-state index is 13.9. The quantitative estimate of drug-likeness (QED) is 0.259. The molecule has 33 heavy (non-hydrogen) atoms. The summed E-state index contributed by atoms with van der Waals surface area (Å²) in [5, 5.41) is 12.0. The van der Waals surface area contributed by atoms with Crippen molar-refractivity contribution in [3.8, 4) is 6.07 Å². The van der Waals surface area contributed by atoms with Gasteiger partial charge in [0.25, 0.3) is 5.91 Å². The van der Waals surface area contributed by atoms with E-state index >= 15 is 0 Å². The molecule has 0 fully saturated rings. The first kappa shape index (κ1) is 21.7. The Morgan fingerprint density at radius 3 is 2.39 bits per heavy atom. The molecule has 2 aromatic carbocycles. The SMILES string of the molecule is Cc1c(/C=C(\C#N)C(=O)Nc2ccccc2F)c2ccccn2c1C(=O)c1ccc(F)cc1. The number of hydrogen-bond donors (Lipinski definition) is 1. The molecule has 4 aromatic rings. The van der Waals surface area contributed by atoms with Gasteiger partial charge in [-0.15, -0.1) is 0 Å². The number of amides is 1. The molecule has 7 heteroatoms. The standard InChI is InChI=1S/C26H17F2N3O2/c1-16-20(14-18(15-29)26(33)30-22-7-3-2-6-21(22)28)23-8-4-5-13-31(23)24(16)25(32)17-9-11-19(27)12-10-17/h2-14H,1H3,(H,30,33)/b18-14+. The number of halogens is 2. The Labute approximate surface area is 188 Å². The van der Waals surface area contributed by atoms with Crippen LogP contribution in [0.15, 0.2) is 78.5 Å². The fourth-order valence-electron chi connectivity index (χ4n) is 3.60. The Kier molecular flexibility index (Phi) is 5.83. The van der Waals surface area contributed by atoms with Crippen molar-refractivity contribution in [1.82, 2.24) is 4.40 Å². The normalized spacial score (nSPS) is 11.3. The van der Waals surface area contributed by atoms with E-state index in [4.69, 9.17) is 0 Å². The summed E-state index contributed by atoms with van der Waals surface area (Å²) in [5.74, 6) is -2.18. The summed E-state index contributed by atoms with van der Waals surface area (Å²) >= 11 is 0. The van der Waals surface area contributed by atoms with Crippen molar-refractivity contribution < 1.29 is 18.4 Å². The monoisotopic (exact) mass is 441 g/mol. The van der Waals surface area contributed by atoms with E-state index in [9.17, 15) is 23.6 Å². The molecular weight excluding hydrogens is 424 g/mol. The molecule has 0 unspecified atom stereocenters. The highest BCUT2D eigenvalue weighted by atomic mass is 19.1. The zero-order chi connectivity index (χ0) is 23.5. The van der Waals surface area contributed by atoms with Crippen molar-refractivity contribution in [2.24, 2.45) is 0 Å². The summed E-state index contributed by atoms with van der Waals surface area (Å²) in [5.41, 5.74) is 1.98. The van der Waals surface area contributed by atoms with Gasteiger partial charge < -0.3 is 9.72 Å². The van der Waals surface area contributed by atoms with Crippen LogP contribution in [0.2, 0.25) is 0 Å².